The highest BCUT2D eigenvalue weighted by atomic mass is 35.5. The number of nitrogens with zero attached hydrogens (tertiary/aromatic N) is 2. The quantitative estimate of drug-likeness (QED) is 0.353. The molecule has 0 atom stereocenters. The van der Waals surface area contributed by atoms with Crippen LogP contribution in [-0.2, 0) is 6.61 Å². The Balaban J connectivity index is 1.65. The van der Waals surface area contributed by atoms with Gasteiger partial charge >= 0.3 is 0 Å². The zero-order valence-corrected chi connectivity index (χ0v) is 16.4. The molecule has 0 aliphatic carbocycles. The van der Waals surface area contributed by atoms with Gasteiger partial charge in [-0.05, 0) is 30.3 Å². The molecule has 136 valence electrons. The predicted molar refractivity (Wildman–Crippen MR) is 115 cm³/mol. The summed E-state index contributed by atoms with van der Waals surface area (Å²) in [6.07, 6.45) is 1.82. The third-order valence-electron chi connectivity index (χ3n) is 4.20. The Morgan fingerprint density at radius 2 is 1.79 bits per heavy atom. The first-order valence-electron chi connectivity index (χ1n) is 8.67. The van der Waals surface area contributed by atoms with Crippen molar-refractivity contribution < 1.29 is 4.74 Å². The second-order valence-corrected chi connectivity index (χ2v) is 7.51. The van der Waals surface area contributed by atoms with E-state index < -0.39 is 0 Å². The lowest BCUT2D eigenvalue weighted by atomic mass is 10.1. The van der Waals surface area contributed by atoms with Crippen molar-refractivity contribution in [3.63, 3.8) is 0 Å². The number of ether oxygens (including phenoxy) is 1. The number of hydrogen-bond donors (Lipinski definition) is 0. The molecule has 28 heavy (non-hydrogen) atoms. The van der Waals surface area contributed by atoms with E-state index in [-0.39, 0.29) is 0 Å². The van der Waals surface area contributed by atoms with Crippen molar-refractivity contribution >= 4 is 44.8 Å². The van der Waals surface area contributed by atoms with Crippen LogP contribution in [0.25, 0.3) is 21.9 Å². The standard InChI is InChI=1S/C23H15ClN2OS/c24-19-9-3-1-8-17(19)15-27-21-11-5-2-7-16(21)13-18(14-25)23-26-20-10-4-6-12-22(20)28-23/h1-13H,15H2/b18-13-. The maximum Gasteiger partial charge on any atom is 0.135 e. The topological polar surface area (TPSA) is 45.9 Å². The molecule has 3 aromatic carbocycles. The molecule has 4 rings (SSSR count). The Morgan fingerprint density at radius 1 is 1.04 bits per heavy atom. The average molecular weight is 403 g/mol. The molecule has 0 saturated heterocycles. The third-order valence-corrected chi connectivity index (χ3v) is 5.64. The first-order chi connectivity index (χ1) is 13.7. The number of halogens is 1. The number of thiazole rings is 1. The van der Waals surface area contributed by atoms with E-state index in [9.17, 15) is 5.26 Å². The Morgan fingerprint density at radius 3 is 2.61 bits per heavy atom. The highest BCUT2D eigenvalue weighted by molar-refractivity contribution is 7.19. The molecular formula is C23H15ClN2OS. The van der Waals surface area contributed by atoms with Gasteiger partial charge in [0.15, 0.2) is 0 Å². The van der Waals surface area contributed by atoms with Gasteiger partial charge in [0.2, 0.25) is 0 Å². The lowest BCUT2D eigenvalue weighted by molar-refractivity contribution is 0.305. The van der Waals surface area contributed by atoms with E-state index in [0.717, 1.165) is 21.3 Å². The second-order valence-electron chi connectivity index (χ2n) is 6.07. The smallest absolute Gasteiger partial charge is 0.135 e. The van der Waals surface area contributed by atoms with Crippen molar-refractivity contribution in [3.05, 3.63) is 94.0 Å². The van der Waals surface area contributed by atoms with E-state index in [4.69, 9.17) is 16.3 Å². The maximum atomic E-state index is 9.69. The van der Waals surface area contributed by atoms with Gasteiger partial charge in [0.1, 0.15) is 23.4 Å². The molecular weight excluding hydrogens is 388 g/mol. The molecule has 0 spiro atoms. The minimum absolute atomic E-state index is 0.355. The first-order valence-corrected chi connectivity index (χ1v) is 9.87. The first kappa shape index (κ1) is 18.2. The molecule has 0 radical (unpaired) electrons. The number of aromatic nitrogens is 1. The van der Waals surface area contributed by atoms with Crippen molar-refractivity contribution in [1.82, 2.24) is 4.98 Å². The number of para-hydroxylation sites is 2. The van der Waals surface area contributed by atoms with Crippen LogP contribution in [0, 0.1) is 11.3 Å². The van der Waals surface area contributed by atoms with E-state index in [1.165, 1.54) is 11.3 Å². The number of benzene rings is 3. The fourth-order valence-corrected chi connectivity index (χ4v) is 3.91. The van der Waals surface area contributed by atoms with Crippen LogP contribution in [0.4, 0.5) is 0 Å². The fourth-order valence-electron chi connectivity index (χ4n) is 2.79. The zero-order valence-electron chi connectivity index (χ0n) is 14.8. The van der Waals surface area contributed by atoms with Crippen molar-refractivity contribution in [1.29, 1.82) is 5.26 Å². The van der Waals surface area contributed by atoms with Crippen molar-refractivity contribution in [2.24, 2.45) is 0 Å². The SMILES string of the molecule is N#C/C(=C/c1ccccc1OCc1ccccc1Cl)c1nc2ccccc2s1. The zero-order chi connectivity index (χ0) is 19.3. The lowest BCUT2D eigenvalue weighted by Crippen LogP contribution is -1.97. The van der Waals surface area contributed by atoms with Gasteiger partial charge < -0.3 is 4.74 Å². The van der Waals surface area contributed by atoms with Gasteiger partial charge in [0.05, 0.1) is 15.8 Å². The summed E-state index contributed by atoms with van der Waals surface area (Å²) in [4.78, 5) is 4.58. The summed E-state index contributed by atoms with van der Waals surface area (Å²) >= 11 is 7.72. The van der Waals surface area contributed by atoms with E-state index >= 15 is 0 Å². The molecule has 5 heteroatoms. The van der Waals surface area contributed by atoms with Crippen LogP contribution < -0.4 is 4.74 Å². The Bertz CT molecular complexity index is 1170. The lowest BCUT2D eigenvalue weighted by Gasteiger charge is -2.10. The largest absolute Gasteiger partial charge is 0.488 e. The van der Waals surface area contributed by atoms with Gasteiger partial charge in [0.25, 0.3) is 0 Å². The summed E-state index contributed by atoms with van der Waals surface area (Å²) in [5.41, 5.74) is 3.14. The van der Waals surface area contributed by atoms with Crippen molar-refractivity contribution in [2.75, 3.05) is 0 Å². The Labute approximate surface area is 172 Å². The summed E-state index contributed by atoms with van der Waals surface area (Å²) in [6.45, 7) is 0.355. The Hall–Kier alpha value is -3.13. The highest BCUT2D eigenvalue weighted by Crippen LogP contribution is 2.30. The number of allylic oxidation sites excluding steroid dienone is 1. The third kappa shape index (κ3) is 3.91. The van der Waals surface area contributed by atoms with Crippen LogP contribution in [0.1, 0.15) is 16.1 Å². The minimum atomic E-state index is 0.355. The van der Waals surface area contributed by atoms with Crippen LogP contribution in [0.3, 0.4) is 0 Å². The monoisotopic (exact) mass is 402 g/mol. The molecule has 0 amide bonds. The Kier molecular flexibility index (Phi) is 5.38. The van der Waals surface area contributed by atoms with Crippen LogP contribution >= 0.6 is 22.9 Å². The van der Waals surface area contributed by atoms with E-state index in [0.29, 0.717) is 28.0 Å². The van der Waals surface area contributed by atoms with Gasteiger partial charge in [-0.25, -0.2) is 4.98 Å². The molecule has 0 bridgehead atoms. The molecule has 3 nitrogen and oxygen atoms in total. The summed E-state index contributed by atoms with van der Waals surface area (Å²) in [5, 5.41) is 11.1. The average Bonchev–Trinajstić information content (AvgIpc) is 3.16. The molecule has 0 saturated carbocycles. The van der Waals surface area contributed by atoms with Crippen molar-refractivity contribution in [3.8, 4) is 11.8 Å². The minimum Gasteiger partial charge on any atom is -0.488 e. The van der Waals surface area contributed by atoms with Crippen LogP contribution in [0.15, 0.2) is 72.8 Å². The fraction of sp³-hybridized carbons (Fsp3) is 0.0435. The van der Waals surface area contributed by atoms with Crippen LogP contribution in [0.2, 0.25) is 5.02 Å². The molecule has 4 aromatic rings. The summed E-state index contributed by atoms with van der Waals surface area (Å²) in [5.74, 6) is 0.691. The second kappa shape index (κ2) is 8.26. The van der Waals surface area contributed by atoms with Gasteiger partial charge in [-0.2, -0.15) is 5.26 Å². The molecule has 0 N–H and O–H groups in total. The van der Waals surface area contributed by atoms with E-state index in [1.807, 2.05) is 78.9 Å². The van der Waals surface area contributed by atoms with Crippen molar-refractivity contribution in [2.45, 2.75) is 6.61 Å². The van der Waals surface area contributed by atoms with Gasteiger partial charge in [-0.15, -0.1) is 11.3 Å². The molecule has 1 aromatic heterocycles. The number of nitriles is 1. The molecule has 0 aliphatic heterocycles. The normalized spacial score (nSPS) is 11.4. The molecule has 0 unspecified atom stereocenters. The highest BCUT2D eigenvalue weighted by Gasteiger charge is 2.10. The molecule has 0 fully saturated rings. The van der Waals surface area contributed by atoms with Crippen LogP contribution in [-0.4, -0.2) is 4.98 Å². The number of hydrogen-bond acceptors (Lipinski definition) is 4. The summed E-state index contributed by atoms with van der Waals surface area (Å²) in [6, 6.07) is 25.4. The van der Waals surface area contributed by atoms with Gasteiger partial charge in [-0.3, -0.25) is 0 Å². The van der Waals surface area contributed by atoms with Gasteiger partial charge in [-0.1, -0.05) is 60.1 Å². The van der Waals surface area contributed by atoms with Gasteiger partial charge in [0, 0.05) is 16.1 Å². The maximum absolute atomic E-state index is 9.69. The number of rotatable bonds is 5. The molecule has 1 heterocycles. The predicted octanol–water partition coefficient (Wildman–Crippen LogP) is 6.59. The summed E-state index contributed by atoms with van der Waals surface area (Å²) in [7, 11) is 0. The summed E-state index contributed by atoms with van der Waals surface area (Å²) < 4.78 is 7.05. The van der Waals surface area contributed by atoms with E-state index in [2.05, 4.69) is 11.1 Å². The van der Waals surface area contributed by atoms with Crippen LogP contribution in [0.5, 0.6) is 5.75 Å². The number of fused-ring (bicyclic) bond motifs is 1. The molecule has 0 aliphatic rings. The van der Waals surface area contributed by atoms with E-state index in [1.54, 1.807) is 0 Å².